The summed E-state index contributed by atoms with van der Waals surface area (Å²) in [4.78, 5) is 25.9. The highest BCUT2D eigenvalue weighted by Crippen LogP contribution is 2.23. The fourth-order valence-corrected chi connectivity index (χ4v) is 2.95. The first-order valence-corrected chi connectivity index (χ1v) is 9.16. The second-order valence-electron chi connectivity index (χ2n) is 6.59. The molecular weight excluding hydrogens is 340 g/mol. The molecule has 5 heteroatoms. The van der Waals surface area contributed by atoms with Gasteiger partial charge in [-0.15, -0.1) is 0 Å². The minimum Gasteiger partial charge on any atom is -0.497 e. The number of rotatable bonds is 8. The van der Waals surface area contributed by atoms with Crippen molar-refractivity contribution in [2.45, 2.75) is 33.6 Å². The minimum absolute atomic E-state index is 0.0607. The van der Waals surface area contributed by atoms with Crippen LogP contribution in [0.1, 0.15) is 30.0 Å². The van der Waals surface area contributed by atoms with E-state index in [0.717, 1.165) is 34.5 Å². The Morgan fingerprint density at radius 2 is 1.85 bits per heavy atom. The number of nitrogens with zero attached hydrogens (tertiary/aromatic N) is 1. The maximum absolute atomic E-state index is 12.2. The first-order chi connectivity index (χ1) is 12.9. The zero-order valence-corrected chi connectivity index (χ0v) is 16.5. The predicted octanol–water partition coefficient (Wildman–Crippen LogP) is 3.41. The molecule has 0 saturated carbocycles. The van der Waals surface area contributed by atoms with E-state index in [9.17, 15) is 9.59 Å². The van der Waals surface area contributed by atoms with Gasteiger partial charge in [-0.05, 0) is 55.2 Å². The molecule has 2 aromatic rings. The highest BCUT2D eigenvalue weighted by molar-refractivity contribution is 5.93. The van der Waals surface area contributed by atoms with Crippen molar-refractivity contribution in [3.63, 3.8) is 0 Å². The average Bonchev–Trinajstić information content (AvgIpc) is 2.65. The van der Waals surface area contributed by atoms with Crippen LogP contribution in [0.2, 0.25) is 0 Å². The normalized spacial score (nSPS) is 10.4. The van der Waals surface area contributed by atoms with E-state index < -0.39 is 0 Å². The summed E-state index contributed by atoms with van der Waals surface area (Å²) in [7, 11) is 1.64. The highest BCUT2D eigenvalue weighted by Gasteiger charge is 2.16. The van der Waals surface area contributed by atoms with Crippen molar-refractivity contribution in [3.05, 3.63) is 59.2 Å². The zero-order chi connectivity index (χ0) is 19.8. The van der Waals surface area contributed by atoms with Gasteiger partial charge in [0.2, 0.25) is 11.8 Å². The second-order valence-corrected chi connectivity index (χ2v) is 6.59. The molecule has 0 atom stereocenters. The molecule has 0 heterocycles. The van der Waals surface area contributed by atoms with Crippen LogP contribution in [-0.4, -0.2) is 32.0 Å². The second kappa shape index (κ2) is 9.76. The lowest BCUT2D eigenvalue weighted by Gasteiger charge is -2.23. The molecule has 0 aliphatic rings. The van der Waals surface area contributed by atoms with Crippen molar-refractivity contribution < 1.29 is 14.3 Å². The Morgan fingerprint density at radius 1 is 1.11 bits per heavy atom. The fourth-order valence-electron chi connectivity index (χ4n) is 2.95. The van der Waals surface area contributed by atoms with Gasteiger partial charge in [-0.2, -0.15) is 0 Å². The Morgan fingerprint density at radius 3 is 2.56 bits per heavy atom. The number of nitrogens with one attached hydrogen (secondary N) is 1. The third-order valence-electron chi connectivity index (χ3n) is 4.68. The summed E-state index contributed by atoms with van der Waals surface area (Å²) in [5.41, 5.74) is 4.16. The summed E-state index contributed by atoms with van der Waals surface area (Å²) in [5.74, 6) is 0.687. The maximum atomic E-state index is 12.2. The van der Waals surface area contributed by atoms with E-state index in [1.54, 1.807) is 12.0 Å². The Kier molecular flexibility index (Phi) is 7.41. The van der Waals surface area contributed by atoms with Crippen LogP contribution in [0.4, 0.5) is 5.69 Å². The van der Waals surface area contributed by atoms with E-state index in [-0.39, 0.29) is 18.2 Å². The van der Waals surface area contributed by atoms with Gasteiger partial charge in [-0.25, -0.2) is 0 Å². The van der Waals surface area contributed by atoms with Gasteiger partial charge >= 0.3 is 0 Å². The molecule has 1 N–H and O–H groups in total. The molecule has 0 saturated heterocycles. The molecule has 0 fully saturated rings. The Balaban J connectivity index is 1.87. The standard InChI is InChI=1S/C22H28N2O3/c1-16-7-5-10-21(17(16)2)24(18(3)25)14-12-22(26)23-13-11-19-8-6-9-20(15-19)27-4/h5-10,15H,11-14H2,1-4H3,(H,23,26). The third kappa shape index (κ3) is 5.84. The van der Waals surface area contributed by atoms with Crippen molar-refractivity contribution in [1.82, 2.24) is 5.32 Å². The number of hydrogen-bond donors (Lipinski definition) is 1. The van der Waals surface area contributed by atoms with Gasteiger partial charge in [0.1, 0.15) is 5.75 Å². The number of amides is 2. The number of carbonyl (C=O) groups excluding carboxylic acids is 2. The summed E-state index contributed by atoms with van der Waals surface area (Å²) in [6, 6.07) is 13.7. The van der Waals surface area contributed by atoms with Gasteiger partial charge in [0.15, 0.2) is 0 Å². The molecule has 2 rings (SSSR count). The lowest BCUT2D eigenvalue weighted by Crippen LogP contribution is -2.34. The Bertz CT molecular complexity index is 802. The first-order valence-electron chi connectivity index (χ1n) is 9.16. The summed E-state index contributed by atoms with van der Waals surface area (Å²) >= 11 is 0. The molecule has 144 valence electrons. The van der Waals surface area contributed by atoms with E-state index in [0.29, 0.717) is 13.1 Å². The van der Waals surface area contributed by atoms with Crippen LogP contribution < -0.4 is 15.0 Å². The largest absolute Gasteiger partial charge is 0.497 e. The molecule has 27 heavy (non-hydrogen) atoms. The van der Waals surface area contributed by atoms with Crippen molar-refractivity contribution in [2.24, 2.45) is 0 Å². The molecule has 0 aromatic heterocycles. The number of benzene rings is 2. The van der Waals surface area contributed by atoms with E-state index in [4.69, 9.17) is 4.74 Å². The Labute approximate surface area is 161 Å². The van der Waals surface area contributed by atoms with E-state index >= 15 is 0 Å². The fraction of sp³-hybridized carbons (Fsp3) is 0.364. The van der Waals surface area contributed by atoms with E-state index in [2.05, 4.69) is 5.32 Å². The topological polar surface area (TPSA) is 58.6 Å². The number of anilines is 1. The smallest absolute Gasteiger partial charge is 0.223 e. The van der Waals surface area contributed by atoms with Crippen LogP contribution in [0.5, 0.6) is 5.75 Å². The quantitative estimate of drug-likeness (QED) is 0.777. The molecule has 5 nitrogen and oxygen atoms in total. The van der Waals surface area contributed by atoms with Crippen molar-refractivity contribution in [2.75, 3.05) is 25.1 Å². The van der Waals surface area contributed by atoms with E-state index in [1.165, 1.54) is 6.92 Å². The van der Waals surface area contributed by atoms with Gasteiger partial charge in [0, 0.05) is 32.1 Å². The first kappa shape index (κ1) is 20.5. The van der Waals surface area contributed by atoms with Crippen LogP contribution in [-0.2, 0) is 16.0 Å². The molecule has 0 aliphatic heterocycles. The number of ether oxygens (including phenoxy) is 1. The van der Waals surface area contributed by atoms with Crippen molar-refractivity contribution in [3.8, 4) is 5.75 Å². The highest BCUT2D eigenvalue weighted by atomic mass is 16.5. The number of hydrogen-bond acceptors (Lipinski definition) is 3. The van der Waals surface area contributed by atoms with Crippen molar-refractivity contribution in [1.29, 1.82) is 0 Å². The number of aryl methyl sites for hydroxylation is 1. The van der Waals surface area contributed by atoms with E-state index in [1.807, 2.05) is 56.3 Å². The monoisotopic (exact) mass is 368 g/mol. The SMILES string of the molecule is COc1cccc(CCNC(=O)CCN(C(C)=O)c2cccc(C)c2C)c1. The van der Waals surface area contributed by atoms with Crippen LogP contribution >= 0.6 is 0 Å². The molecule has 0 aliphatic carbocycles. The number of carbonyl (C=O) groups is 2. The Hall–Kier alpha value is -2.82. The number of methoxy groups -OCH3 is 1. The molecule has 0 unspecified atom stereocenters. The molecule has 0 bridgehead atoms. The van der Waals surface area contributed by atoms with Crippen LogP contribution in [0.15, 0.2) is 42.5 Å². The lowest BCUT2D eigenvalue weighted by molar-refractivity contribution is -0.121. The van der Waals surface area contributed by atoms with Crippen LogP contribution in [0, 0.1) is 13.8 Å². The molecule has 0 spiro atoms. The summed E-state index contributed by atoms with van der Waals surface area (Å²) in [6.45, 7) is 6.46. The maximum Gasteiger partial charge on any atom is 0.223 e. The average molecular weight is 368 g/mol. The van der Waals surface area contributed by atoms with Gasteiger partial charge in [0.05, 0.1) is 7.11 Å². The summed E-state index contributed by atoms with van der Waals surface area (Å²) in [5, 5.41) is 2.92. The van der Waals surface area contributed by atoms with Crippen molar-refractivity contribution >= 4 is 17.5 Å². The van der Waals surface area contributed by atoms with Gasteiger partial charge < -0.3 is 15.0 Å². The molecule has 0 radical (unpaired) electrons. The third-order valence-corrected chi connectivity index (χ3v) is 4.68. The predicted molar refractivity (Wildman–Crippen MR) is 108 cm³/mol. The molecular formula is C22H28N2O3. The van der Waals surface area contributed by atoms with Gasteiger partial charge in [0.25, 0.3) is 0 Å². The molecule has 2 amide bonds. The van der Waals surface area contributed by atoms with Gasteiger partial charge in [-0.1, -0.05) is 24.3 Å². The van der Waals surface area contributed by atoms with Crippen LogP contribution in [0.3, 0.4) is 0 Å². The molecule has 2 aromatic carbocycles. The van der Waals surface area contributed by atoms with Gasteiger partial charge in [-0.3, -0.25) is 9.59 Å². The summed E-state index contributed by atoms with van der Waals surface area (Å²) < 4.78 is 5.20. The summed E-state index contributed by atoms with van der Waals surface area (Å²) in [6.07, 6.45) is 1.00. The lowest BCUT2D eigenvalue weighted by atomic mass is 10.1. The minimum atomic E-state index is -0.0621. The van der Waals surface area contributed by atoms with Crippen LogP contribution in [0.25, 0.3) is 0 Å². The zero-order valence-electron chi connectivity index (χ0n) is 16.5.